The highest BCUT2D eigenvalue weighted by molar-refractivity contribution is 7.89. The molecule has 10 heteroatoms. The molecule has 0 spiro atoms. The molecule has 4 aromatic rings. The van der Waals surface area contributed by atoms with Gasteiger partial charge in [0.2, 0.25) is 16.0 Å². The van der Waals surface area contributed by atoms with Crippen LogP contribution in [-0.4, -0.2) is 65.7 Å². The lowest BCUT2D eigenvalue weighted by Crippen LogP contribution is -2.49. The van der Waals surface area contributed by atoms with Gasteiger partial charge in [-0.25, -0.2) is 8.42 Å². The third-order valence-electron chi connectivity index (χ3n) is 5.74. The van der Waals surface area contributed by atoms with E-state index in [4.69, 9.17) is 4.74 Å². The minimum absolute atomic E-state index is 0.295. The average Bonchev–Trinajstić information content (AvgIpc) is 3.35. The number of sulfonamides is 1. The van der Waals surface area contributed by atoms with Crippen molar-refractivity contribution < 1.29 is 13.2 Å². The van der Waals surface area contributed by atoms with E-state index in [-0.39, 0.29) is 0 Å². The number of tetrazole rings is 1. The molecule has 3 aromatic carbocycles. The van der Waals surface area contributed by atoms with Crippen LogP contribution in [0.2, 0.25) is 0 Å². The van der Waals surface area contributed by atoms with Crippen LogP contribution in [0.3, 0.4) is 0 Å². The van der Waals surface area contributed by atoms with Crippen LogP contribution in [0.4, 0.5) is 5.95 Å². The molecular weight excluding hydrogens is 440 g/mol. The van der Waals surface area contributed by atoms with Gasteiger partial charge in [-0.2, -0.15) is 8.99 Å². The van der Waals surface area contributed by atoms with Gasteiger partial charge in [0, 0.05) is 37.0 Å². The SMILES string of the molecule is CCOc1ccc(S(=O)(=O)N2CCN(c3nnnn3-c3ccccc3)CC2)c2ccccc12. The second-order valence-electron chi connectivity index (χ2n) is 7.66. The van der Waals surface area contributed by atoms with E-state index in [2.05, 4.69) is 15.5 Å². The van der Waals surface area contributed by atoms with E-state index < -0.39 is 10.0 Å². The molecule has 1 aliphatic rings. The first kappa shape index (κ1) is 21.4. The van der Waals surface area contributed by atoms with Crippen LogP contribution in [0.5, 0.6) is 5.75 Å². The second kappa shape index (κ2) is 8.80. The van der Waals surface area contributed by atoms with Gasteiger partial charge >= 0.3 is 0 Å². The minimum Gasteiger partial charge on any atom is -0.493 e. The Labute approximate surface area is 192 Å². The monoisotopic (exact) mass is 464 g/mol. The summed E-state index contributed by atoms with van der Waals surface area (Å²) >= 11 is 0. The van der Waals surface area contributed by atoms with E-state index in [0.29, 0.717) is 54.8 Å². The van der Waals surface area contributed by atoms with E-state index in [1.165, 1.54) is 4.31 Å². The molecule has 1 fully saturated rings. The van der Waals surface area contributed by atoms with Gasteiger partial charge in [-0.3, -0.25) is 0 Å². The van der Waals surface area contributed by atoms with Crippen molar-refractivity contribution in [1.29, 1.82) is 0 Å². The van der Waals surface area contributed by atoms with Crippen LogP contribution in [0, 0.1) is 0 Å². The van der Waals surface area contributed by atoms with E-state index in [1.807, 2.05) is 66.4 Å². The van der Waals surface area contributed by atoms with Crippen molar-refractivity contribution in [2.24, 2.45) is 0 Å². The highest BCUT2D eigenvalue weighted by Crippen LogP contribution is 2.33. The summed E-state index contributed by atoms with van der Waals surface area (Å²) < 4.78 is 36.0. The van der Waals surface area contributed by atoms with Gasteiger partial charge in [0.05, 0.1) is 17.2 Å². The van der Waals surface area contributed by atoms with Crippen LogP contribution in [0.25, 0.3) is 16.5 Å². The smallest absolute Gasteiger partial charge is 0.250 e. The van der Waals surface area contributed by atoms with Gasteiger partial charge in [-0.15, -0.1) is 0 Å². The molecule has 1 aliphatic heterocycles. The fraction of sp³-hybridized carbons (Fsp3) is 0.261. The molecule has 0 atom stereocenters. The van der Waals surface area contributed by atoms with Crippen molar-refractivity contribution in [1.82, 2.24) is 24.5 Å². The summed E-state index contributed by atoms with van der Waals surface area (Å²) in [7, 11) is -3.68. The zero-order valence-electron chi connectivity index (χ0n) is 18.2. The van der Waals surface area contributed by atoms with Crippen molar-refractivity contribution in [2.45, 2.75) is 11.8 Å². The van der Waals surface area contributed by atoms with E-state index >= 15 is 0 Å². The van der Waals surface area contributed by atoms with Gasteiger partial charge in [0.1, 0.15) is 5.75 Å². The molecule has 0 N–H and O–H groups in total. The standard InChI is InChI=1S/C23H24N6O3S/c1-2-32-21-12-13-22(20-11-7-6-10-19(20)21)33(30,31)28-16-14-27(15-17-28)23-24-25-26-29(23)18-8-4-3-5-9-18/h3-13H,2,14-17H2,1H3. The number of hydrogen-bond acceptors (Lipinski definition) is 7. The summed E-state index contributed by atoms with van der Waals surface area (Å²) in [6.07, 6.45) is 0. The molecule has 1 aromatic heterocycles. The Morgan fingerprint density at radius 3 is 2.30 bits per heavy atom. The highest BCUT2D eigenvalue weighted by atomic mass is 32.2. The number of benzene rings is 3. The van der Waals surface area contributed by atoms with E-state index in [1.54, 1.807) is 16.8 Å². The first-order valence-corrected chi connectivity index (χ1v) is 12.3. The van der Waals surface area contributed by atoms with Gasteiger partial charge in [-0.1, -0.05) is 47.6 Å². The van der Waals surface area contributed by atoms with Crippen molar-refractivity contribution in [3.05, 3.63) is 66.7 Å². The Hall–Kier alpha value is -3.50. The fourth-order valence-electron chi connectivity index (χ4n) is 4.13. The van der Waals surface area contributed by atoms with Crippen LogP contribution < -0.4 is 9.64 Å². The summed E-state index contributed by atoms with van der Waals surface area (Å²) in [6, 6.07) is 20.5. The normalized spacial score (nSPS) is 15.1. The number of rotatable bonds is 6. The molecule has 1 saturated heterocycles. The number of hydrogen-bond donors (Lipinski definition) is 0. The minimum atomic E-state index is -3.68. The van der Waals surface area contributed by atoms with Crippen molar-refractivity contribution in [3.8, 4) is 11.4 Å². The van der Waals surface area contributed by atoms with Crippen molar-refractivity contribution >= 4 is 26.7 Å². The summed E-state index contributed by atoms with van der Waals surface area (Å²) in [5, 5.41) is 13.6. The van der Waals surface area contributed by atoms with E-state index in [0.717, 1.165) is 11.1 Å². The number of aromatic nitrogens is 4. The first-order valence-electron chi connectivity index (χ1n) is 10.8. The highest BCUT2D eigenvalue weighted by Gasteiger charge is 2.31. The van der Waals surface area contributed by atoms with Crippen LogP contribution in [0.1, 0.15) is 6.92 Å². The zero-order chi connectivity index (χ0) is 22.8. The molecule has 0 amide bonds. The molecule has 0 saturated carbocycles. The fourth-order valence-corrected chi connectivity index (χ4v) is 5.75. The molecule has 0 aliphatic carbocycles. The molecule has 33 heavy (non-hydrogen) atoms. The Balaban J connectivity index is 1.39. The van der Waals surface area contributed by atoms with E-state index in [9.17, 15) is 8.42 Å². The molecule has 2 heterocycles. The van der Waals surface area contributed by atoms with Crippen LogP contribution in [0.15, 0.2) is 71.6 Å². The quantitative estimate of drug-likeness (QED) is 0.433. The number of anilines is 1. The van der Waals surface area contributed by atoms with Gasteiger partial charge in [0.25, 0.3) is 0 Å². The van der Waals surface area contributed by atoms with Crippen LogP contribution >= 0.6 is 0 Å². The number of fused-ring (bicyclic) bond motifs is 1. The molecule has 170 valence electrons. The van der Waals surface area contributed by atoms with Gasteiger partial charge < -0.3 is 9.64 Å². The molecular formula is C23H24N6O3S. The first-order chi connectivity index (χ1) is 16.1. The summed E-state index contributed by atoms with van der Waals surface area (Å²) in [4.78, 5) is 2.30. The summed E-state index contributed by atoms with van der Waals surface area (Å²) in [5.74, 6) is 1.29. The number of ether oxygens (including phenoxy) is 1. The maximum absolute atomic E-state index is 13.6. The Bertz CT molecular complexity index is 1370. The molecule has 5 rings (SSSR count). The Morgan fingerprint density at radius 1 is 0.879 bits per heavy atom. The lowest BCUT2D eigenvalue weighted by atomic mass is 10.1. The Morgan fingerprint density at radius 2 is 1.58 bits per heavy atom. The third-order valence-corrected chi connectivity index (χ3v) is 7.69. The van der Waals surface area contributed by atoms with Crippen molar-refractivity contribution in [2.75, 3.05) is 37.7 Å². The Kier molecular flexibility index (Phi) is 5.69. The lowest BCUT2D eigenvalue weighted by molar-refractivity contribution is 0.344. The predicted octanol–water partition coefficient (Wildman–Crippen LogP) is 2.73. The maximum atomic E-state index is 13.6. The molecule has 0 unspecified atom stereocenters. The van der Waals surface area contributed by atoms with Gasteiger partial charge in [-0.05, 0) is 41.6 Å². The van der Waals surface area contributed by atoms with Gasteiger partial charge in [0.15, 0.2) is 0 Å². The van der Waals surface area contributed by atoms with Crippen LogP contribution in [-0.2, 0) is 10.0 Å². The third kappa shape index (κ3) is 3.91. The summed E-state index contributed by atoms with van der Waals surface area (Å²) in [6.45, 7) is 4.08. The predicted molar refractivity (Wildman–Crippen MR) is 125 cm³/mol. The molecule has 9 nitrogen and oxygen atoms in total. The maximum Gasteiger partial charge on any atom is 0.250 e. The average molecular weight is 465 g/mol. The second-order valence-corrected chi connectivity index (χ2v) is 9.56. The summed E-state index contributed by atoms with van der Waals surface area (Å²) in [5.41, 5.74) is 0.855. The lowest BCUT2D eigenvalue weighted by Gasteiger charge is -2.34. The number of piperazine rings is 1. The largest absolute Gasteiger partial charge is 0.493 e. The molecule has 0 radical (unpaired) electrons. The molecule has 0 bridgehead atoms. The van der Waals surface area contributed by atoms with Crippen molar-refractivity contribution in [3.63, 3.8) is 0 Å². The topological polar surface area (TPSA) is 93.5 Å². The zero-order valence-corrected chi connectivity index (χ0v) is 19.0. The number of nitrogens with zero attached hydrogens (tertiary/aromatic N) is 6. The number of para-hydroxylation sites is 1.